The van der Waals surface area contributed by atoms with E-state index in [0.717, 1.165) is 58.8 Å². The zero-order valence-electron chi connectivity index (χ0n) is 14.9. The molecule has 0 bridgehead atoms. The first-order chi connectivity index (χ1) is 10.9. The van der Waals surface area contributed by atoms with Gasteiger partial charge in [0.15, 0.2) is 0 Å². The predicted molar refractivity (Wildman–Crippen MR) is 93.7 cm³/mol. The summed E-state index contributed by atoms with van der Waals surface area (Å²) in [6, 6.07) is 0.504. The van der Waals surface area contributed by atoms with E-state index in [4.69, 9.17) is 8.92 Å². The van der Waals surface area contributed by atoms with Crippen LogP contribution in [0.1, 0.15) is 27.2 Å². The van der Waals surface area contributed by atoms with E-state index in [-0.39, 0.29) is 6.09 Å². The first-order valence-corrected chi connectivity index (χ1v) is 9.64. The van der Waals surface area contributed by atoms with Crippen LogP contribution in [0.2, 0.25) is 0 Å². The Labute approximate surface area is 144 Å². The number of piperazine rings is 1. The molecular weight excluding hydrogens is 314 g/mol. The lowest BCUT2D eigenvalue weighted by Crippen LogP contribution is -2.64. The molecule has 0 aromatic rings. The quantitative estimate of drug-likeness (QED) is 0.541. The monoisotopic (exact) mass is 345 g/mol. The van der Waals surface area contributed by atoms with Crippen molar-refractivity contribution in [2.24, 2.45) is 0 Å². The number of carbonyl (C=O) groups is 1. The number of hydrogen-bond donors (Lipinski definition) is 0. The molecule has 23 heavy (non-hydrogen) atoms. The standard InChI is InChI=1S/C16H31N3O3S/c1-16(2,3)22-15(20)19-12-14(13-19)18-9-7-17(8-10-18)6-5-11-21-23-4/h14H,5-13H2,1-4H3. The number of hydrogen-bond acceptors (Lipinski definition) is 6. The number of nitrogens with zero attached hydrogens (tertiary/aromatic N) is 3. The van der Waals surface area contributed by atoms with Crippen molar-refractivity contribution >= 4 is 18.1 Å². The minimum Gasteiger partial charge on any atom is -0.444 e. The van der Waals surface area contributed by atoms with Crippen LogP contribution in [0.15, 0.2) is 0 Å². The lowest BCUT2D eigenvalue weighted by atomic mass is 10.1. The fraction of sp³-hybridized carbons (Fsp3) is 0.938. The van der Waals surface area contributed by atoms with E-state index in [1.807, 2.05) is 31.9 Å². The summed E-state index contributed by atoms with van der Waals surface area (Å²) in [6.07, 6.45) is 2.87. The second-order valence-corrected chi connectivity index (χ2v) is 7.83. The van der Waals surface area contributed by atoms with Gasteiger partial charge in [-0.05, 0) is 39.2 Å². The highest BCUT2D eigenvalue weighted by atomic mass is 32.2. The fourth-order valence-electron chi connectivity index (χ4n) is 2.94. The Bertz CT molecular complexity index is 375. The van der Waals surface area contributed by atoms with Crippen LogP contribution < -0.4 is 0 Å². The number of amides is 1. The fourth-order valence-corrected chi connectivity index (χ4v) is 3.23. The van der Waals surface area contributed by atoms with Crippen LogP contribution in [0.25, 0.3) is 0 Å². The summed E-state index contributed by atoms with van der Waals surface area (Å²) in [6.45, 7) is 13.7. The maximum atomic E-state index is 12.0. The van der Waals surface area contributed by atoms with Gasteiger partial charge < -0.3 is 18.7 Å². The second kappa shape index (κ2) is 8.55. The van der Waals surface area contributed by atoms with Crippen LogP contribution in [0.4, 0.5) is 4.79 Å². The van der Waals surface area contributed by atoms with Gasteiger partial charge in [0, 0.05) is 58.1 Å². The van der Waals surface area contributed by atoms with E-state index >= 15 is 0 Å². The highest BCUT2D eigenvalue weighted by molar-refractivity contribution is 7.93. The van der Waals surface area contributed by atoms with Crippen LogP contribution >= 0.6 is 12.0 Å². The highest BCUT2D eigenvalue weighted by Gasteiger charge is 2.37. The number of carbonyl (C=O) groups excluding carboxylic acids is 1. The maximum Gasteiger partial charge on any atom is 0.410 e. The van der Waals surface area contributed by atoms with Gasteiger partial charge in [-0.2, -0.15) is 0 Å². The molecule has 0 aromatic carbocycles. The normalized spacial score (nSPS) is 21.3. The van der Waals surface area contributed by atoms with Crippen molar-refractivity contribution in [3.05, 3.63) is 0 Å². The number of rotatable bonds is 6. The molecule has 2 aliphatic heterocycles. The summed E-state index contributed by atoms with van der Waals surface area (Å²) < 4.78 is 10.7. The van der Waals surface area contributed by atoms with Crippen molar-refractivity contribution in [3.63, 3.8) is 0 Å². The minimum absolute atomic E-state index is 0.179. The van der Waals surface area contributed by atoms with E-state index in [9.17, 15) is 4.79 Å². The molecule has 6 nitrogen and oxygen atoms in total. The Morgan fingerprint density at radius 3 is 2.39 bits per heavy atom. The SMILES string of the molecule is CSOCCCN1CCN(C2CN(C(=O)OC(C)(C)C)C2)CC1. The lowest BCUT2D eigenvalue weighted by Gasteiger charge is -2.48. The van der Waals surface area contributed by atoms with Crippen LogP contribution in [-0.4, -0.2) is 91.1 Å². The van der Waals surface area contributed by atoms with Crippen molar-refractivity contribution in [1.29, 1.82) is 0 Å². The molecule has 2 fully saturated rings. The summed E-state index contributed by atoms with van der Waals surface area (Å²) in [5.74, 6) is 0. The average molecular weight is 346 g/mol. The van der Waals surface area contributed by atoms with Gasteiger partial charge in [0.2, 0.25) is 0 Å². The summed E-state index contributed by atoms with van der Waals surface area (Å²) in [5, 5.41) is 0. The molecule has 2 rings (SSSR count). The Balaban J connectivity index is 1.60. The third-order valence-electron chi connectivity index (χ3n) is 4.26. The van der Waals surface area contributed by atoms with Crippen LogP contribution in [0, 0.1) is 0 Å². The summed E-state index contributed by atoms with van der Waals surface area (Å²) in [4.78, 5) is 18.8. The molecule has 2 heterocycles. The smallest absolute Gasteiger partial charge is 0.410 e. The predicted octanol–water partition coefficient (Wildman–Crippen LogP) is 1.91. The van der Waals surface area contributed by atoms with Crippen molar-refractivity contribution in [2.75, 3.05) is 58.7 Å². The van der Waals surface area contributed by atoms with Gasteiger partial charge in [-0.15, -0.1) is 0 Å². The average Bonchev–Trinajstić information content (AvgIpc) is 2.41. The summed E-state index contributed by atoms with van der Waals surface area (Å²) in [7, 11) is 0. The van der Waals surface area contributed by atoms with Crippen LogP contribution in [0.3, 0.4) is 0 Å². The van der Waals surface area contributed by atoms with E-state index < -0.39 is 5.60 Å². The Morgan fingerprint density at radius 2 is 1.83 bits per heavy atom. The molecule has 0 spiro atoms. The zero-order chi connectivity index (χ0) is 16.9. The van der Waals surface area contributed by atoms with Crippen molar-refractivity contribution in [3.8, 4) is 0 Å². The molecule has 0 radical (unpaired) electrons. The molecular formula is C16H31N3O3S. The van der Waals surface area contributed by atoms with Gasteiger partial charge in [0.05, 0.1) is 6.61 Å². The number of likely N-dealkylation sites (tertiary alicyclic amines) is 1. The second-order valence-electron chi connectivity index (χ2n) is 7.26. The highest BCUT2D eigenvalue weighted by Crippen LogP contribution is 2.20. The van der Waals surface area contributed by atoms with Crippen molar-refractivity contribution < 1.29 is 13.7 Å². The molecule has 0 saturated carbocycles. The Morgan fingerprint density at radius 1 is 1.17 bits per heavy atom. The minimum atomic E-state index is -0.409. The third kappa shape index (κ3) is 6.14. The van der Waals surface area contributed by atoms with Gasteiger partial charge in [-0.25, -0.2) is 4.79 Å². The molecule has 2 saturated heterocycles. The molecule has 1 amide bonds. The Kier molecular flexibility index (Phi) is 7.00. The summed E-state index contributed by atoms with van der Waals surface area (Å²) in [5.41, 5.74) is -0.409. The van der Waals surface area contributed by atoms with Crippen LogP contribution in [0.5, 0.6) is 0 Å². The van der Waals surface area contributed by atoms with E-state index in [2.05, 4.69) is 9.80 Å². The molecule has 0 unspecified atom stereocenters. The molecule has 7 heteroatoms. The van der Waals surface area contributed by atoms with Gasteiger partial charge in [-0.1, -0.05) is 0 Å². The van der Waals surface area contributed by atoms with Gasteiger partial charge in [0.1, 0.15) is 5.60 Å². The van der Waals surface area contributed by atoms with Crippen LogP contribution in [-0.2, 0) is 8.92 Å². The zero-order valence-corrected chi connectivity index (χ0v) is 15.7. The molecule has 0 aromatic heterocycles. The van der Waals surface area contributed by atoms with Gasteiger partial charge in [0.25, 0.3) is 0 Å². The Hall–Kier alpha value is -0.500. The molecule has 0 aliphatic carbocycles. The first kappa shape index (κ1) is 18.8. The first-order valence-electron chi connectivity index (χ1n) is 8.49. The van der Waals surface area contributed by atoms with Gasteiger partial charge in [-0.3, -0.25) is 4.90 Å². The van der Waals surface area contributed by atoms with Gasteiger partial charge >= 0.3 is 6.09 Å². The molecule has 0 N–H and O–H groups in total. The maximum absolute atomic E-state index is 12.0. The molecule has 0 atom stereocenters. The molecule has 2 aliphatic rings. The largest absolute Gasteiger partial charge is 0.444 e. The third-order valence-corrected chi connectivity index (χ3v) is 4.66. The van der Waals surface area contributed by atoms with E-state index in [1.54, 1.807) is 0 Å². The topological polar surface area (TPSA) is 45.2 Å². The van der Waals surface area contributed by atoms with Crippen molar-refractivity contribution in [2.45, 2.75) is 38.8 Å². The van der Waals surface area contributed by atoms with E-state index in [0.29, 0.717) is 6.04 Å². The molecule has 134 valence electrons. The summed E-state index contributed by atoms with van der Waals surface area (Å²) >= 11 is 1.44. The lowest BCUT2D eigenvalue weighted by molar-refractivity contribution is -0.0248. The van der Waals surface area contributed by atoms with E-state index in [1.165, 1.54) is 12.0 Å². The van der Waals surface area contributed by atoms with Crippen molar-refractivity contribution in [1.82, 2.24) is 14.7 Å². The number of ether oxygens (including phenoxy) is 1.